The van der Waals surface area contributed by atoms with Crippen LogP contribution in [0.25, 0.3) is 0 Å². The Morgan fingerprint density at radius 1 is 1.06 bits per heavy atom. The Labute approximate surface area is 483 Å². The molecule has 2 fully saturated rings. The minimum absolute atomic E-state index is 0.00196. The fourth-order valence-electron chi connectivity index (χ4n) is 8.75. The van der Waals surface area contributed by atoms with Gasteiger partial charge in [-0.3, -0.25) is 29.3 Å². The van der Waals surface area contributed by atoms with Crippen molar-refractivity contribution in [3.63, 3.8) is 0 Å². The number of nitrogens with one attached hydrogen (secondary N) is 2. The fraction of sp³-hybridized carbons (Fsp3) is 0.574. The van der Waals surface area contributed by atoms with Crippen LogP contribution in [0.15, 0.2) is 53.4 Å². The summed E-state index contributed by atoms with van der Waals surface area (Å²) in [5, 5.41) is 31.1. The third kappa shape index (κ3) is 18.3. The predicted octanol–water partition coefficient (Wildman–Crippen LogP) is 5.39. The molecule has 0 saturated carbocycles. The molecule has 0 spiro atoms. The average Bonchev–Trinajstić information content (AvgIpc) is 3.77. The SMILES string of the molecule is COc1cc2cc(c1Cl)N(C)C(=O)C[C@H](OC(=O)[C@H](C)N(C)C(=O)CCSSC(C)(C)CC(=O)N/N=C(/C)c1cnc(OCCCC(=O)ON3C(=O)CCC3=O)cn1)[C@@H](C)[C@@H](O)[C@H](C)[C@@H]1C[C@@](O)(NC(=O)O1)[C@H](OC)/C=C/C=C(\C)C2. The maximum Gasteiger partial charge on any atom is 0.409 e. The second-order valence-electron chi connectivity index (χ2n) is 20.6. The van der Waals surface area contributed by atoms with Gasteiger partial charge >= 0.3 is 18.0 Å². The summed E-state index contributed by atoms with van der Waals surface area (Å²) < 4.78 is 27.8. The monoisotopic (exact) mass is 1190 g/mol. The normalized spacial score (nSPS) is 24.5. The number of fused-ring (bicyclic) bond motifs is 4. The van der Waals surface area contributed by atoms with Crippen molar-refractivity contribution in [1.82, 2.24) is 30.7 Å². The number of hydrazone groups is 1. The number of imide groups is 1. The number of amides is 6. The van der Waals surface area contributed by atoms with Crippen LogP contribution in [0.4, 0.5) is 10.5 Å². The Bertz CT molecular complexity index is 2720. The Hall–Kier alpha value is -6.32. The number of rotatable bonds is 20. The number of carbonyl (C=O) groups is 8. The number of hydrogen-bond acceptors (Lipinski definition) is 21. The van der Waals surface area contributed by atoms with Crippen molar-refractivity contribution in [2.75, 3.05) is 45.6 Å². The number of alkyl carbamates (subject to hydrolysis) is 1. The summed E-state index contributed by atoms with van der Waals surface area (Å²) in [4.78, 5) is 119. The van der Waals surface area contributed by atoms with Crippen molar-refractivity contribution < 1.29 is 77.1 Å². The second-order valence-corrected chi connectivity index (χ2v) is 24.1. The lowest BCUT2D eigenvalue weighted by atomic mass is 9.81. The van der Waals surface area contributed by atoms with Gasteiger partial charge in [-0.15, -0.1) is 5.06 Å². The van der Waals surface area contributed by atoms with Crippen LogP contribution >= 0.6 is 33.2 Å². The van der Waals surface area contributed by atoms with Crippen molar-refractivity contribution in [1.29, 1.82) is 0 Å². The van der Waals surface area contributed by atoms with Gasteiger partial charge in [0.15, 0.2) is 5.72 Å². The fourth-order valence-corrected chi connectivity index (χ4v) is 11.5. The summed E-state index contributed by atoms with van der Waals surface area (Å²) in [6, 6.07) is 2.35. The number of nitrogens with zero attached hydrogens (tertiary/aromatic N) is 6. The zero-order valence-corrected chi connectivity index (χ0v) is 49.7. The number of likely N-dealkylation sites (N-methyl/N-ethyl adjacent to an activating group) is 1. The van der Waals surface area contributed by atoms with E-state index in [1.54, 1.807) is 45.1 Å². The van der Waals surface area contributed by atoms with Crippen LogP contribution in [0.5, 0.6) is 11.6 Å². The number of hydroxylamine groups is 2. The Kier molecular flexibility index (Phi) is 23.9. The van der Waals surface area contributed by atoms with E-state index in [-0.39, 0.29) is 74.3 Å². The number of ether oxygens (including phenoxy) is 5. The van der Waals surface area contributed by atoms with Crippen LogP contribution in [0, 0.1) is 11.8 Å². The molecule has 0 radical (unpaired) electrons. The van der Waals surface area contributed by atoms with E-state index < -0.39 is 94.9 Å². The number of aromatic nitrogens is 2. The smallest absolute Gasteiger partial charge is 0.409 e. The second kappa shape index (κ2) is 29.6. The van der Waals surface area contributed by atoms with Crippen molar-refractivity contribution in [3.05, 3.63) is 64.6 Å². The van der Waals surface area contributed by atoms with Crippen molar-refractivity contribution >= 4 is 92.2 Å². The third-order valence-electron chi connectivity index (χ3n) is 13.8. The van der Waals surface area contributed by atoms with Gasteiger partial charge in [-0.1, -0.05) is 70.8 Å². The zero-order valence-electron chi connectivity index (χ0n) is 47.3. The lowest BCUT2D eigenvalue weighted by Gasteiger charge is -2.43. The van der Waals surface area contributed by atoms with Gasteiger partial charge in [-0.05, 0) is 65.2 Å². The van der Waals surface area contributed by atoms with Gasteiger partial charge < -0.3 is 48.5 Å². The number of carbonyl (C=O) groups excluding carboxylic acids is 8. The Morgan fingerprint density at radius 3 is 2.42 bits per heavy atom. The van der Waals surface area contributed by atoms with Crippen molar-refractivity contribution in [3.8, 4) is 11.6 Å². The molecule has 5 rings (SSSR count). The number of halogens is 1. The Morgan fingerprint density at radius 2 is 1.77 bits per heavy atom. The van der Waals surface area contributed by atoms with E-state index in [4.69, 9.17) is 40.1 Å². The molecule has 3 aliphatic rings. The highest BCUT2D eigenvalue weighted by Crippen LogP contribution is 2.40. The summed E-state index contributed by atoms with van der Waals surface area (Å²) >= 11 is 6.80. The van der Waals surface area contributed by atoms with Crippen LogP contribution in [-0.2, 0) is 59.0 Å². The summed E-state index contributed by atoms with van der Waals surface area (Å²) in [5.41, 5.74) is 3.24. The first-order valence-electron chi connectivity index (χ1n) is 26.2. The topological polar surface area (TPSA) is 304 Å². The first kappa shape index (κ1) is 65.5. The standard InChI is InChI=1S/C54H73ClN8O16S2/c1-30-14-12-15-41(75-11)54(73)26-40(78-52(72)58-54)32(3)50(70)31(2)38(25-47(68)62(9)37-23-35(22-30)24-39(74-10)49(37)55)77-51(71)34(5)61(8)44(65)19-21-80-81-53(6,7)27-42(64)60-59-33(4)36-28-57-43(29-56-36)76-20-13-16-48(69)79-63-45(66)17-18-46(63)67/h12,14-15,23-24,28-29,31-32,34,38,40-41,50,70,73H,13,16-22,25-27H2,1-11H3,(H,58,72)(H,60,64)/b15-12+,30-14+,59-33-/t31-,32-,34+,38+,40+,41-,50-,54+/m1/s1. The summed E-state index contributed by atoms with van der Waals surface area (Å²) in [6.45, 7) is 12.0. The van der Waals surface area contributed by atoms with Gasteiger partial charge in [0.25, 0.3) is 11.8 Å². The van der Waals surface area contributed by atoms with Gasteiger partial charge in [-0.2, -0.15) is 5.10 Å². The number of methoxy groups -OCH3 is 2. The zero-order chi connectivity index (χ0) is 59.9. The first-order valence-corrected chi connectivity index (χ1v) is 28.9. The summed E-state index contributed by atoms with van der Waals surface area (Å²) in [6.07, 6.45) is 2.09. The number of aliphatic hydroxyl groups is 2. The summed E-state index contributed by atoms with van der Waals surface area (Å²) in [7, 11) is 8.56. The van der Waals surface area contributed by atoms with E-state index >= 15 is 0 Å². The molecule has 4 N–H and O–H groups in total. The highest BCUT2D eigenvalue weighted by Gasteiger charge is 2.49. The third-order valence-corrected chi connectivity index (χ3v) is 17.5. The molecule has 2 saturated heterocycles. The number of esters is 1. The predicted molar refractivity (Wildman–Crippen MR) is 301 cm³/mol. The molecule has 3 aliphatic heterocycles. The maximum absolute atomic E-state index is 14.3. The lowest BCUT2D eigenvalue weighted by molar-refractivity contribution is -0.197. The molecule has 0 unspecified atom stereocenters. The molecule has 0 aliphatic carbocycles. The minimum atomic E-state index is -1.95. The molecule has 81 heavy (non-hydrogen) atoms. The van der Waals surface area contributed by atoms with Gasteiger partial charge in [0, 0.05) is 75.6 Å². The lowest BCUT2D eigenvalue weighted by Crippen LogP contribution is -2.64. The van der Waals surface area contributed by atoms with E-state index in [9.17, 15) is 48.6 Å². The highest BCUT2D eigenvalue weighted by molar-refractivity contribution is 8.77. The average molecular weight is 1190 g/mol. The number of allylic oxidation sites excluding steroid dienone is 3. The Balaban J connectivity index is 1.16. The van der Waals surface area contributed by atoms with E-state index in [0.29, 0.717) is 40.1 Å². The molecule has 27 heteroatoms. The van der Waals surface area contributed by atoms with E-state index in [1.807, 2.05) is 26.8 Å². The largest absolute Gasteiger partial charge is 0.495 e. The maximum atomic E-state index is 14.3. The van der Waals surface area contributed by atoms with Crippen LogP contribution in [0.3, 0.4) is 0 Å². The van der Waals surface area contributed by atoms with Crippen molar-refractivity contribution in [2.24, 2.45) is 16.9 Å². The molecule has 1 aromatic carbocycles. The molecule has 6 amide bonds. The summed E-state index contributed by atoms with van der Waals surface area (Å²) in [5.74, 6) is -5.09. The molecule has 4 heterocycles. The van der Waals surface area contributed by atoms with Crippen LogP contribution in [0.1, 0.15) is 111 Å². The molecular weight excluding hydrogens is 1120 g/mol. The van der Waals surface area contributed by atoms with Gasteiger partial charge in [-0.25, -0.2) is 29.8 Å². The molecule has 1 aromatic heterocycles. The quantitative estimate of drug-likeness (QED) is 0.0322. The van der Waals surface area contributed by atoms with Gasteiger partial charge in [0.2, 0.25) is 23.6 Å². The number of benzene rings is 1. The van der Waals surface area contributed by atoms with E-state index in [2.05, 4.69) is 25.8 Å². The van der Waals surface area contributed by atoms with Gasteiger partial charge in [0.1, 0.15) is 40.8 Å². The first-order chi connectivity index (χ1) is 38.2. The number of anilines is 1. The molecule has 444 valence electrons. The van der Waals surface area contributed by atoms with Crippen LogP contribution in [-0.4, -0.2) is 165 Å². The van der Waals surface area contributed by atoms with Crippen LogP contribution < -0.4 is 25.1 Å². The van der Waals surface area contributed by atoms with Crippen molar-refractivity contribution in [2.45, 2.75) is 147 Å². The highest BCUT2D eigenvalue weighted by atomic mass is 35.5. The van der Waals surface area contributed by atoms with E-state index in [0.717, 1.165) is 11.1 Å². The molecular formula is C54H73ClN8O16S2. The number of aliphatic hydroxyl groups excluding tert-OH is 1. The van der Waals surface area contributed by atoms with E-state index in [1.165, 1.54) is 79.0 Å². The van der Waals surface area contributed by atoms with Gasteiger partial charge in [0.05, 0.1) is 56.5 Å². The minimum Gasteiger partial charge on any atom is -0.495 e. The number of hydrogen-bond donors (Lipinski definition) is 4. The van der Waals surface area contributed by atoms with Crippen LogP contribution in [0.2, 0.25) is 5.02 Å². The molecule has 8 atom stereocenters. The molecule has 4 bridgehead atoms. The molecule has 2 aromatic rings. The molecule has 24 nitrogen and oxygen atoms in total.